The van der Waals surface area contributed by atoms with E-state index in [-0.39, 0.29) is 0 Å². The zero-order valence-electron chi connectivity index (χ0n) is 17.1. The van der Waals surface area contributed by atoms with E-state index in [9.17, 15) is 5.11 Å². The van der Waals surface area contributed by atoms with E-state index >= 15 is 0 Å². The van der Waals surface area contributed by atoms with Crippen LogP contribution < -0.4 is 0 Å². The molecule has 1 aromatic carbocycles. The molecule has 1 unspecified atom stereocenters. The summed E-state index contributed by atoms with van der Waals surface area (Å²) in [6.07, 6.45) is 5.84. The Bertz CT molecular complexity index is 1070. The molecule has 3 heterocycles. The highest BCUT2D eigenvalue weighted by Crippen LogP contribution is 2.40. The van der Waals surface area contributed by atoms with E-state index in [0.717, 1.165) is 50.0 Å². The van der Waals surface area contributed by atoms with E-state index in [4.69, 9.17) is 0 Å². The van der Waals surface area contributed by atoms with Crippen molar-refractivity contribution in [1.29, 1.82) is 0 Å². The molecule has 4 heteroatoms. The summed E-state index contributed by atoms with van der Waals surface area (Å²) >= 11 is 0. The first-order chi connectivity index (χ1) is 13.4. The Labute approximate surface area is 166 Å². The predicted octanol–water partition coefficient (Wildman–Crippen LogP) is 3.87. The van der Waals surface area contributed by atoms with Crippen LogP contribution >= 0.6 is 0 Å². The van der Waals surface area contributed by atoms with Crippen LogP contribution in [0.3, 0.4) is 0 Å². The Hall–Kier alpha value is -2.17. The lowest BCUT2D eigenvalue weighted by atomic mass is 9.79. The highest BCUT2D eigenvalue weighted by atomic mass is 16.3. The number of likely N-dealkylation sites (N-methyl/N-ethyl adjacent to an activating group) is 1. The van der Waals surface area contributed by atoms with Crippen LogP contribution in [0.15, 0.2) is 30.5 Å². The maximum Gasteiger partial charge on any atom is 0.108 e. The minimum absolute atomic E-state index is 0.627. The molecular weight excluding hydrogens is 346 g/mol. The number of benzene rings is 1. The third-order valence-electron chi connectivity index (χ3n) is 6.68. The van der Waals surface area contributed by atoms with E-state index in [0.29, 0.717) is 6.54 Å². The second-order valence-corrected chi connectivity index (χ2v) is 8.89. The Morgan fingerprint density at radius 2 is 2.04 bits per heavy atom. The van der Waals surface area contributed by atoms with Gasteiger partial charge >= 0.3 is 0 Å². The fourth-order valence-electron chi connectivity index (χ4n) is 5.23. The van der Waals surface area contributed by atoms with Crippen molar-refractivity contribution in [3.05, 3.63) is 64.1 Å². The fraction of sp³-hybridized carbons (Fsp3) is 0.458. The van der Waals surface area contributed by atoms with Gasteiger partial charge in [0.15, 0.2) is 0 Å². The first-order valence-corrected chi connectivity index (χ1v) is 10.4. The van der Waals surface area contributed by atoms with E-state index in [1.54, 1.807) is 0 Å². The summed E-state index contributed by atoms with van der Waals surface area (Å²) in [6.45, 7) is 6.86. The number of nitrogens with zero attached hydrogens (tertiary/aromatic N) is 3. The summed E-state index contributed by atoms with van der Waals surface area (Å²) < 4.78 is 2.42. The number of hydrogen-bond acceptors (Lipinski definition) is 3. The lowest BCUT2D eigenvalue weighted by Crippen LogP contribution is -2.37. The summed E-state index contributed by atoms with van der Waals surface area (Å²) in [5.74, 6) is 0. The van der Waals surface area contributed by atoms with Gasteiger partial charge in [0.25, 0.3) is 0 Å². The molecule has 1 atom stereocenters. The standard InChI is InChI=1S/C24H29N3O/c1-16-6-7-22-19(11-16)20-14-26(3)10-8-23(20)27(22)15-24(28)9-4-5-18-13-25-17(2)12-21(18)24/h6-7,11-13,28H,4-5,8-10,14-15H2,1-3H3. The number of pyridine rings is 1. The molecule has 1 aliphatic carbocycles. The second kappa shape index (κ2) is 6.43. The first-order valence-electron chi connectivity index (χ1n) is 10.4. The van der Waals surface area contributed by atoms with Crippen molar-refractivity contribution in [2.24, 2.45) is 0 Å². The first kappa shape index (κ1) is 17.9. The molecule has 0 amide bonds. The minimum atomic E-state index is -0.824. The SMILES string of the molecule is Cc1ccc2c(c1)c1c(n2CC2(O)CCCc3cnc(C)cc32)CCN(C)C1. The summed E-state index contributed by atoms with van der Waals surface area (Å²) in [5, 5.41) is 13.2. The van der Waals surface area contributed by atoms with Crippen LogP contribution in [0.1, 0.15) is 46.5 Å². The number of rotatable bonds is 2. The normalized spacial score (nSPS) is 22.3. The van der Waals surface area contributed by atoms with Gasteiger partial charge in [0.2, 0.25) is 0 Å². The van der Waals surface area contributed by atoms with Gasteiger partial charge in [0.05, 0.1) is 6.54 Å². The predicted molar refractivity (Wildman–Crippen MR) is 113 cm³/mol. The van der Waals surface area contributed by atoms with E-state index in [2.05, 4.69) is 52.7 Å². The van der Waals surface area contributed by atoms with Crippen LogP contribution in [0.4, 0.5) is 0 Å². The highest BCUT2D eigenvalue weighted by molar-refractivity contribution is 5.86. The third kappa shape index (κ3) is 2.78. The van der Waals surface area contributed by atoms with E-state index in [1.165, 1.54) is 33.3 Å². The van der Waals surface area contributed by atoms with Crippen LogP contribution in [0.2, 0.25) is 0 Å². The molecule has 1 N–H and O–H groups in total. The number of fused-ring (bicyclic) bond motifs is 4. The van der Waals surface area contributed by atoms with Crippen molar-refractivity contribution in [3.63, 3.8) is 0 Å². The molecule has 0 bridgehead atoms. The van der Waals surface area contributed by atoms with Crippen LogP contribution in [-0.4, -0.2) is 33.1 Å². The van der Waals surface area contributed by atoms with E-state index < -0.39 is 5.60 Å². The lowest BCUT2D eigenvalue weighted by Gasteiger charge is -2.36. The van der Waals surface area contributed by atoms with Crippen molar-refractivity contribution in [2.45, 2.75) is 58.2 Å². The minimum Gasteiger partial charge on any atom is -0.383 e. The van der Waals surface area contributed by atoms with Gasteiger partial charge in [0.1, 0.15) is 5.60 Å². The molecule has 2 aliphatic rings. The number of aryl methyl sites for hydroxylation is 3. The molecule has 4 nitrogen and oxygen atoms in total. The van der Waals surface area contributed by atoms with Crippen molar-refractivity contribution >= 4 is 10.9 Å². The van der Waals surface area contributed by atoms with Gasteiger partial charge in [-0.2, -0.15) is 0 Å². The molecule has 0 saturated heterocycles. The Morgan fingerprint density at radius 3 is 2.89 bits per heavy atom. The van der Waals surface area contributed by atoms with Gasteiger partial charge in [-0.15, -0.1) is 0 Å². The van der Waals surface area contributed by atoms with Crippen molar-refractivity contribution in [1.82, 2.24) is 14.5 Å². The average Bonchev–Trinajstić information content (AvgIpc) is 2.95. The molecule has 1 aliphatic heterocycles. The van der Waals surface area contributed by atoms with E-state index in [1.807, 2.05) is 13.1 Å². The summed E-state index contributed by atoms with van der Waals surface area (Å²) in [6, 6.07) is 8.86. The second-order valence-electron chi connectivity index (χ2n) is 8.89. The summed E-state index contributed by atoms with van der Waals surface area (Å²) in [7, 11) is 2.20. The molecule has 0 saturated carbocycles. The molecule has 0 spiro atoms. The van der Waals surface area contributed by atoms with Gasteiger partial charge in [-0.1, -0.05) is 11.6 Å². The third-order valence-corrected chi connectivity index (χ3v) is 6.68. The van der Waals surface area contributed by atoms with Crippen molar-refractivity contribution in [3.8, 4) is 0 Å². The lowest BCUT2D eigenvalue weighted by molar-refractivity contribution is 0.00156. The highest BCUT2D eigenvalue weighted by Gasteiger charge is 2.37. The van der Waals surface area contributed by atoms with Crippen molar-refractivity contribution in [2.75, 3.05) is 13.6 Å². The molecule has 5 rings (SSSR count). The zero-order valence-corrected chi connectivity index (χ0v) is 17.1. The molecule has 2 aromatic heterocycles. The number of hydrogen-bond donors (Lipinski definition) is 1. The smallest absolute Gasteiger partial charge is 0.108 e. The number of aromatic nitrogens is 2. The van der Waals surface area contributed by atoms with Crippen LogP contribution in [0.5, 0.6) is 0 Å². The largest absolute Gasteiger partial charge is 0.383 e. The Morgan fingerprint density at radius 1 is 1.18 bits per heavy atom. The monoisotopic (exact) mass is 375 g/mol. The van der Waals surface area contributed by atoms with Gasteiger partial charge in [-0.25, -0.2) is 0 Å². The van der Waals surface area contributed by atoms with Gasteiger partial charge in [0, 0.05) is 48.0 Å². The quantitative estimate of drug-likeness (QED) is 0.739. The molecule has 146 valence electrons. The molecule has 0 fully saturated rings. The maximum absolute atomic E-state index is 11.8. The molecular formula is C24H29N3O. The molecule has 0 radical (unpaired) electrons. The van der Waals surface area contributed by atoms with Gasteiger partial charge in [-0.3, -0.25) is 4.98 Å². The molecule has 28 heavy (non-hydrogen) atoms. The summed E-state index contributed by atoms with van der Waals surface area (Å²) in [4.78, 5) is 6.87. The van der Waals surface area contributed by atoms with Gasteiger partial charge < -0.3 is 14.6 Å². The summed E-state index contributed by atoms with van der Waals surface area (Å²) in [5.41, 5.74) is 7.86. The van der Waals surface area contributed by atoms with Crippen LogP contribution in [-0.2, 0) is 31.5 Å². The van der Waals surface area contributed by atoms with Gasteiger partial charge in [-0.05, 0) is 75.0 Å². The number of aliphatic hydroxyl groups is 1. The van der Waals surface area contributed by atoms with Crippen molar-refractivity contribution < 1.29 is 5.11 Å². The molecule has 3 aromatic rings. The zero-order chi connectivity index (χ0) is 19.5. The maximum atomic E-state index is 11.8. The van der Waals surface area contributed by atoms with Crippen LogP contribution in [0.25, 0.3) is 10.9 Å². The van der Waals surface area contributed by atoms with Crippen LogP contribution in [0, 0.1) is 13.8 Å². The Balaban J connectivity index is 1.67. The fourth-order valence-corrected chi connectivity index (χ4v) is 5.23. The Kier molecular flexibility index (Phi) is 4.11. The topological polar surface area (TPSA) is 41.3 Å². The average molecular weight is 376 g/mol.